The summed E-state index contributed by atoms with van der Waals surface area (Å²) in [5.74, 6) is 3.05. The van der Waals surface area contributed by atoms with Crippen molar-refractivity contribution >= 4 is 5.97 Å². The Kier molecular flexibility index (Phi) is 7.53. The highest BCUT2D eigenvalue weighted by atomic mass is 16.7. The molecule has 1 saturated heterocycles. The Hall–Kier alpha value is -1.13. The van der Waals surface area contributed by atoms with Crippen molar-refractivity contribution in [1.29, 1.82) is 0 Å². The van der Waals surface area contributed by atoms with E-state index in [1.165, 1.54) is 70.5 Å². The molecule has 35 heavy (non-hydrogen) atoms. The van der Waals surface area contributed by atoms with Crippen LogP contribution in [0, 0.1) is 34.5 Å². The van der Waals surface area contributed by atoms with Gasteiger partial charge in [0.2, 0.25) is 0 Å². The van der Waals surface area contributed by atoms with Gasteiger partial charge in [-0.2, -0.15) is 0 Å². The molecule has 4 nitrogen and oxygen atoms in total. The van der Waals surface area contributed by atoms with E-state index in [1.54, 1.807) is 5.57 Å². The van der Waals surface area contributed by atoms with E-state index in [-0.39, 0.29) is 12.3 Å². The van der Waals surface area contributed by atoms with Gasteiger partial charge in [0.15, 0.2) is 6.29 Å². The summed E-state index contributed by atoms with van der Waals surface area (Å²) in [6, 6.07) is 0. The minimum absolute atomic E-state index is 0.0322. The first kappa shape index (κ1) is 25.5. The fourth-order valence-electron chi connectivity index (χ4n) is 9.19. The third-order valence-electron chi connectivity index (χ3n) is 11.1. The lowest BCUT2D eigenvalue weighted by molar-refractivity contribution is -0.195. The number of carbonyl (C=O) groups is 1. The van der Waals surface area contributed by atoms with Crippen LogP contribution in [0.25, 0.3) is 0 Å². The number of allylic oxidation sites excluding steroid dienone is 3. The van der Waals surface area contributed by atoms with E-state index in [1.807, 2.05) is 0 Å². The van der Waals surface area contributed by atoms with Crippen molar-refractivity contribution in [3.63, 3.8) is 0 Å². The van der Waals surface area contributed by atoms with E-state index in [2.05, 4.69) is 32.9 Å². The Balaban J connectivity index is 1.26. The largest absolute Gasteiger partial charge is 0.469 e. The van der Waals surface area contributed by atoms with Gasteiger partial charge in [0.1, 0.15) is 0 Å². The highest BCUT2D eigenvalue weighted by Crippen LogP contribution is 2.67. The Labute approximate surface area is 213 Å². The number of rotatable bonds is 6. The van der Waals surface area contributed by atoms with Gasteiger partial charge in [-0.25, -0.2) is 0 Å². The van der Waals surface area contributed by atoms with Crippen molar-refractivity contribution in [2.45, 2.75) is 117 Å². The molecule has 0 aromatic carbocycles. The standard InChI is InChI=1S/C31H48O4/c1-21(8-7-9-28(32)33-4)25-13-14-26-24-12-11-22-20-23(35-29-10-5-6-19-34-29)15-17-30(22,2)27(24)16-18-31(25,26)3/h8,11,23-27,29H,5-7,9-10,12-20H2,1-4H3/b21-8+/t23-,24-,25+,26-,27-,29?,30-,31+/m0/s1. The fourth-order valence-corrected chi connectivity index (χ4v) is 9.19. The average Bonchev–Trinajstić information content (AvgIpc) is 3.22. The maximum absolute atomic E-state index is 11.6. The van der Waals surface area contributed by atoms with Crippen molar-refractivity contribution in [1.82, 2.24) is 0 Å². The smallest absolute Gasteiger partial charge is 0.305 e. The lowest BCUT2D eigenvalue weighted by Gasteiger charge is -2.58. The molecule has 0 amide bonds. The predicted molar refractivity (Wildman–Crippen MR) is 139 cm³/mol. The van der Waals surface area contributed by atoms with E-state index in [0.29, 0.717) is 29.3 Å². The molecular formula is C31H48O4. The average molecular weight is 485 g/mol. The lowest BCUT2D eigenvalue weighted by atomic mass is 9.47. The van der Waals surface area contributed by atoms with Crippen LogP contribution in [0.1, 0.15) is 104 Å². The van der Waals surface area contributed by atoms with Crippen molar-refractivity contribution in [2.24, 2.45) is 34.5 Å². The summed E-state index contributed by atoms with van der Waals surface area (Å²) in [5.41, 5.74) is 3.98. The van der Waals surface area contributed by atoms with Gasteiger partial charge in [-0.1, -0.05) is 37.1 Å². The number of hydrogen-bond donors (Lipinski definition) is 0. The number of fused-ring (bicyclic) bond motifs is 5. The molecule has 1 heterocycles. The monoisotopic (exact) mass is 484 g/mol. The van der Waals surface area contributed by atoms with Gasteiger partial charge in [0, 0.05) is 13.0 Å². The summed E-state index contributed by atoms with van der Waals surface area (Å²) in [7, 11) is 1.48. The van der Waals surface area contributed by atoms with Gasteiger partial charge in [-0.3, -0.25) is 4.79 Å². The van der Waals surface area contributed by atoms with E-state index in [9.17, 15) is 4.79 Å². The van der Waals surface area contributed by atoms with Gasteiger partial charge in [-0.15, -0.1) is 0 Å². The molecular weight excluding hydrogens is 436 g/mol. The third kappa shape index (κ3) is 4.79. The van der Waals surface area contributed by atoms with Crippen molar-refractivity contribution in [3.8, 4) is 0 Å². The second kappa shape index (κ2) is 10.3. The summed E-state index contributed by atoms with van der Waals surface area (Å²) in [6.07, 6.45) is 20.4. The zero-order chi connectivity index (χ0) is 24.6. The molecule has 4 aliphatic carbocycles. The molecule has 5 aliphatic rings. The molecule has 0 spiro atoms. The Morgan fingerprint density at radius 3 is 2.74 bits per heavy atom. The predicted octanol–water partition coefficient (Wildman–Crippen LogP) is 7.38. The second-order valence-corrected chi connectivity index (χ2v) is 12.8. The summed E-state index contributed by atoms with van der Waals surface area (Å²) >= 11 is 0. The van der Waals surface area contributed by atoms with E-state index in [4.69, 9.17) is 14.2 Å². The fraction of sp³-hybridized carbons (Fsp3) is 0.839. The van der Waals surface area contributed by atoms with Crippen LogP contribution in [0.3, 0.4) is 0 Å². The summed E-state index contributed by atoms with van der Waals surface area (Å²) in [6.45, 7) is 8.37. The van der Waals surface area contributed by atoms with Gasteiger partial charge in [-0.05, 0) is 118 Å². The van der Waals surface area contributed by atoms with Gasteiger partial charge in [0.25, 0.3) is 0 Å². The van der Waals surface area contributed by atoms with Crippen LogP contribution in [-0.2, 0) is 19.0 Å². The molecule has 4 fully saturated rings. The first-order chi connectivity index (χ1) is 16.8. The maximum Gasteiger partial charge on any atom is 0.305 e. The van der Waals surface area contributed by atoms with Gasteiger partial charge in [0.05, 0.1) is 13.2 Å². The van der Waals surface area contributed by atoms with Crippen LogP contribution in [-0.4, -0.2) is 32.1 Å². The molecule has 0 aromatic heterocycles. The summed E-state index contributed by atoms with van der Waals surface area (Å²) < 4.78 is 17.2. The minimum Gasteiger partial charge on any atom is -0.469 e. The van der Waals surface area contributed by atoms with Gasteiger partial charge < -0.3 is 14.2 Å². The number of hydrogen-bond acceptors (Lipinski definition) is 4. The molecule has 5 rings (SSSR count). The van der Waals surface area contributed by atoms with Crippen LogP contribution in [0.2, 0.25) is 0 Å². The molecule has 4 heteroatoms. The van der Waals surface area contributed by atoms with Crippen molar-refractivity contribution in [3.05, 3.63) is 23.3 Å². The van der Waals surface area contributed by atoms with Crippen LogP contribution in [0.15, 0.2) is 23.3 Å². The van der Waals surface area contributed by atoms with Gasteiger partial charge >= 0.3 is 5.97 Å². The molecule has 3 saturated carbocycles. The minimum atomic E-state index is -0.102. The van der Waals surface area contributed by atoms with Crippen molar-refractivity contribution in [2.75, 3.05) is 13.7 Å². The Bertz CT molecular complexity index is 839. The number of carbonyl (C=O) groups excluding carboxylic acids is 1. The van der Waals surface area contributed by atoms with Crippen molar-refractivity contribution < 1.29 is 19.0 Å². The molecule has 1 unspecified atom stereocenters. The highest BCUT2D eigenvalue weighted by molar-refractivity contribution is 5.69. The van der Waals surface area contributed by atoms with Crippen LogP contribution in [0.4, 0.5) is 0 Å². The third-order valence-corrected chi connectivity index (χ3v) is 11.1. The quantitative estimate of drug-likeness (QED) is 0.291. The highest BCUT2D eigenvalue weighted by Gasteiger charge is 2.58. The molecule has 196 valence electrons. The molecule has 8 atom stereocenters. The SMILES string of the molecule is COC(=O)CC/C=C(\C)[C@H]1CC[C@H]2[C@@H]3CC=C4C[C@@H](OC5CCCCO5)CC[C@]4(C)[C@H]3CC[C@]12C. The maximum atomic E-state index is 11.6. The molecule has 0 radical (unpaired) electrons. The number of methoxy groups -OCH3 is 1. The molecule has 1 aliphatic heterocycles. The Morgan fingerprint density at radius 1 is 1.11 bits per heavy atom. The Morgan fingerprint density at radius 2 is 1.97 bits per heavy atom. The topological polar surface area (TPSA) is 44.8 Å². The zero-order valence-corrected chi connectivity index (χ0v) is 22.7. The number of ether oxygens (including phenoxy) is 3. The first-order valence-electron chi connectivity index (χ1n) is 14.5. The summed E-state index contributed by atoms with van der Waals surface area (Å²) in [5, 5.41) is 0. The molecule has 0 N–H and O–H groups in total. The molecule has 0 bridgehead atoms. The second-order valence-electron chi connectivity index (χ2n) is 12.8. The summed E-state index contributed by atoms with van der Waals surface area (Å²) in [4.78, 5) is 11.6. The normalized spacial score (nSPS) is 43.5. The van der Waals surface area contributed by atoms with E-state index in [0.717, 1.165) is 43.6 Å². The zero-order valence-electron chi connectivity index (χ0n) is 22.7. The van der Waals surface area contributed by atoms with Crippen LogP contribution < -0.4 is 0 Å². The first-order valence-corrected chi connectivity index (χ1v) is 14.5. The van der Waals surface area contributed by atoms with E-state index >= 15 is 0 Å². The lowest BCUT2D eigenvalue weighted by Crippen LogP contribution is -2.50. The number of esters is 1. The molecule has 0 aromatic rings. The van der Waals surface area contributed by atoms with Crippen LogP contribution in [0.5, 0.6) is 0 Å². The van der Waals surface area contributed by atoms with E-state index < -0.39 is 0 Å². The van der Waals surface area contributed by atoms with Crippen LogP contribution >= 0.6 is 0 Å².